The molecule has 6 heavy (non-hydrogen) atoms. The van der Waals surface area contributed by atoms with Gasteiger partial charge in [-0.15, -0.1) is 0 Å². The van der Waals surface area contributed by atoms with Gasteiger partial charge in [-0.25, -0.2) is 0 Å². The molecule has 0 aliphatic heterocycles. The number of rotatable bonds is 1. The van der Waals surface area contributed by atoms with Crippen molar-refractivity contribution in [1.29, 1.82) is 0 Å². The van der Waals surface area contributed by atoms with Crippen molar-refractivity contribution in [1.82, 2.24) is 0 Å². The van der Waals surface area contributed by atoms with Crippen molar-refractivity contribution < 1.29 is 4.89 Å². The number of hydrogen-bond acceptors (Lipinski definition) is 1. The van der Waals surface area contributed by atoms with Gasteiger partial charge in [0.25, 0.3) is 0 Å². The maximum absolute atomic E-state index is 8.48. The van der Waals surface area contributed by atoms with Gasteiger partial charge in [-0.3, -0.25) is 0 Å². The van der Waals surface area contributed by atoms with Crippen molar-refractivity contribution in [2.45, 2.75) is 13.3 Å². The molecular formula is C3H8OP2. The van der Waals surface area contributed by atoms with Gasteiger partial charge in [0.15, 0.2) is 0 Å². The van der Waals surface area contributed by atoms with E-state index in [1.165, 1.54) is 0 Å². The van der Waals surface area contributed by atoms with Crippen LogP contribution in [0.4, 0.5) is 0 Å². The summed E-state index contributed by atoms with van der Waals surface area (Å²) in [5.41, 5.74) is 0. The Morgan fingerprint density at radius 2 is 2.33 bits per heavy atom. The van der Waals surface area contributed by atoms with Gasteiger partial charge in [0.2, 0.25) is 0 Å². The van der Waals surface area contributed by atoms with Crippen LogP contribution in [0, 0.1) is 0 Å². The average molecular weight is 122 g/mol. The molecule has 0 amide bonds. The minimum atomic E-state index is -0.906. The van der Waals surface area contributed by atoms with Crippen molar-refractivity contribution >= 4 is 15.6 Å². The maximum atomic E-state index is 8.48. The fraction of sp³-hybridized carbons (Fsp3) is 1.00. The van der Waals surface area contributed by atoms with Crippen LogP contribution < -0.4 is 0 Å². The SMILES string of the molecule is CCCP(O)#P. The Morgan fingerprint density at radius 1 is 1.83 bits per heavy atom. The fourth-order valence-corrected chi connectivity index (χ4v) is 1.20. The van der Waals surface area contributed by atoms with E-state index in [0.29, 0.717) is 0 Å². The quantitative estimate of drug-likeness (QED) is 0.528. The normalized spacial score (nSPS) is 11.2. The molecular weight excluding hydrogens is 114 g/mol. The monoisotopic (exact) mass is 122 g/mol. The number of hydrogen-bond donors (Lipinski definition) is 1. The standard InChI is InChI=1S/C3H8OP2/c1-2-3-6(4)5/h4H,2-3H2,1H3. The van der Waals surface area contributed by atoms with Gasteiger partial charge < -0.3 is 0 Å². The second kappa shape index (κ2) is 3.87. The molecule has 0 heterocycles. The van der Waals surface area contributed by atoms with Gasteiger partial charge in [0.05, 0.1) is 0 Å². The summed E-state index contributed by atoms with van der Waals surface area (Å²) in [5.74, 6) is 0. The van der Waals surface area contributed by atoms with Gasteiger partial charge in [-0.1, -0.05) is 0 Å². The molecule has 0 fully saturated rings. The van der Waals surface area contributed by atoms with Gasteiger partial charge in [0, 0.05) is 0 Å². The van der Waals surface area contributed by atoms with Crippen molar-refractivity contribution in [2.24, 2.45) is 0 Å². The van der Waals surface area contributed by atoms with Crippen LogP contribution >= 0.6 is 15.6 Å². The summed E-state index contributed by atoms with van der Waals surface area (Å²) >= 11 is 0. The molecule has 0 rings (SSSR count). The van der Waals surface area contributed by atoms with Crippen LogP contribution in [0.5, 0.6) is 0 Å². The molecule has 1 N–H and O–H groups in total. The van der Waals surface area contributed by atoms with E-state index in [1.54, 1.807) is 0 Å². The molecule has 0 aromatic heterocycles. The van der Waals surface area contributed by atoms with E-state index in [0.717, 1.165) is 12.6 Å². The predicted molar refractivity (Wildman–Crippen MR) is 31.2 cm³/mol. The Bertz CT molecular complexity index is 80.5. The molecule has 36 valence electrons. The van der Waals surface area contributed by atoms with Crippen LogP contribution in [0.1, 0.15) is 13.3 Å². The average Bonchev–Trinajstić information content (AvgIpc) is 1.35. The Morgan fingerprint density at radius 3 is 2.33 bits per heavy atom. The van der Waals surface area contributed by atoms with Crippen LogP contribution in [0.3, 0.4) is 0 Å². The summed E-state index contributed by atoms with van der Waals surface area (Å²) in [6, 6.07) is 0. The van der Waals surface area contributed by atoms with E-state index in [4.69, 9.17) is 4.89 Å². The Kier molecular flexibility index (Phi) is 4.31. The summed E-state index contributed by atoms with van der Waals surface area (Å²) in [5, 5.41) is 0. The van der Waals surface area contributed by atoms with Gasteiger partial charge >= 0.3 is 40.0 Å². The first-order valence-electron chi connectivity index (χ1n) is 1.92. The molecule has 0 bridgehead atoms. The zero-order valence-electron chi connectivity index (χ0n) is 3.76. The Balaban J connectivity index is 2.91. The zero-order valence-corrected chi connectivity index (χ0v) is 5.54. The van der Waals surface area contributed by atoms with E-state index in [-0.39, 0.29) is 0 Å². The molecule has 0 radical (unpaired) electrons. The van der Waals surface area contributed by atoms with E-state index >= 15 is 0 Å². The van der Waals surface area contributed by atoms with Crippen LogP contribution in [-0.4, -0.2) is 11.1 Å². The third kappa shape index (κ3) is 4.69. The topological polar surface area (TPSA) is 20.2 Å². The van der Waals surface area contributed by atoms with E-state index in [2.05, 4.69) is 8.34 Å². The molecule has 1 atom stereocenters. The first kappa shape index (κ1) is 6.69. The first-order chi connectivity index (χ1) is 2.77. The molecule has 0 aromatic rings. The molecule has 0 aliphatic rings. The van der Waals surface area contributed by atoms with E-state index in [1.807, 2.05) is 6.92 Å². The zero-order chi connectivity index (χ0) is 4.99. The minimum absolute atomic E-state index is 0.860. The van der Waals surface area contributed by atoms with Crippen molar-refractivity contribution in [3.8, 4) is 0 Å². The third-order valence-corrected chi connectivity index (χ3v) is 1.87. The van der Waals surface area contributed by atoms with E-state index < -0.39 is 7.25 Å². The summed E-state index contributed by atoms with van der Waals surface area (Å²) in [6.45, 7) is 2.03. The molecule has 1 unspecified atom stereocenters. The van der Waals surface area contributed by atoms with Crippen LogP contribution in [0.2, 0.25) is 0 Å². The molecule has 0 spiro atoms. The van der Waals surface area contributed by atoms with E-state index in [9.17, 15) is 0 Å². The van der Waals surface area contributed by atoms with Crippen LogP contribution in [0.15, 0.2) is 0 Å². The van der Waals surface area contributed by atoms with Gasteiger partial charge in [-0.05, 0) is 0 Å². The predicted octanol–water partition coefficient (Wildman–Crippen LogP) is 2.11. The summed E-state index contributed by atoms with van der Waals surface area (Å²) in [4.78, 5) is 8.48. The van der Waals surface area contributed by atoms with Crippen molar-refractivity contribution in [3.63, 3.8) is 0 Å². The molecule has 0 saturated carbocycles. The molecule has 0 aliphatic carbocycles. The molecule has 1 nitrogen and oxygen atoms in total. The van der Waals surface area contributed by atoms with Crippen LogP contribution in [0.25, 0.3) is 0 Å². The summed E-state index contributed by atoms with van der Waals surface area (Å²) < 4.78 is 0. The second-order valence-corrected chi connectivity index (χ2v) is 3.67. The molecule has 0 saturated heterocycles. The molecule has 0 aromatic carbocycles. The fourth-order valence-electron chi connectivity index (χ4n) is 0.200. The van der Waals surface area contributed by atoms with Crippen molar-refractivity contribution in [3.05, 3.63) is 0 Å². The third-order valence-electron chi connectivity index (χ3n) is 0.424. The second-order valence-electron chi connectivity index (χ2n) is 1.10. The van der Waals surface area contributed by atoms with Crippen LogP contribution in [-0.2, 0) is 0 Å². The molecule has 3 heteroatoms. The Hall–Kier alpha value is 0.690. The van der Waals surface area contributed by atoms with Crippen molar-refractivity contribution in [2.75, 3.05) is 6.16 Å². The summed E-state index contributed by atoms with van der Waals surface area (Å²) in [7, 11) is 2.89. The Labute approximate surface area is 40.9 Å². The first-order valence-corrected chi connectivity index (χ1v) is 4.56. The van der Waals surface area contributed by atoms with Gasteiger partial charge in [0.1, 0.15) is 0 Å². The van der Waals surface area contributed by atoms with Gasteiger partial charge in [-0.2, -0.15) is 0 Å². The summed E-state index contributed by atoms with van der Waals surface area (Å²) in [6.07, 6.45) is 1.89.